The van der Waals surface area contributed by atoms with E-state index in [0.29, 0.717) is 12.5 Å². The van der Waals surface area contributed by atoms with Crippen molar-refractivity contribution in [3.05, 3.63) is 11.6 Å². The lowest BCUT2D eigenvalue weighted by Crippen LogP contribution is -2.40. The van der Waals surface area contributed by atoms with Crippen LogP contribution in [-0.2, 0) is 19.4 Å². The zero-order valence-corrected chi connectivity index (χ0v) is 12.6. The van der Waals surface area contributed by atoms with Crippen LogP contribution in [0.3, 0.4) is 0 Å². The highest BCUT2D eigenvalue weighted by Gasteiger charge is 2.18. The summed E-state index contributed by atoms with van der Waals surface area (Å²) in [6.45, 7) is 2.45. The lowest BCUT2D eigenvalue weighted by Gasteiger charge is -2.25. The van der Waals surface area contributed by atoms with Crippen molar-refractivity contribution >= 4 is 6.03 Å². The van der Waals surface area contributed by atoms with Gasteiger partial charge in [-0.3, -0.25) is 0 Å². The van der Waals surface area contributed by atoms with Crippen molar-refractivity contribution in [1.82, 2.24) is 25.4 Å². The van der Waals surface area contributed by atoms with Crippen molar-refractivity contribution in [1.29, 1.82) is 0 Å². The highest BCUT2D eigenvalue weighted by molar-refractivity contribution is 5.73. The maximum atomic E-state index is 11.7. The van der Waals surface area contributed by atoms with Crippen LogP contribution in [0.25, 0.3) is 0 Å². The first kappa shape index (κ1) is 14.4. The van der Waals surface area contributed by atoms with E-state index in [1.165, 1.54) is 38.5 Å². The number of aromatic nitrogens is 3. The van der Waals surface area contributed by atoms with Gasteiger partial charge < -0.3 is 15.2 Å². The van der Waals surface area contributed by atoms with Crippen LogP contribution in [0.4, 0.5) is 4.79 Å². The second kappa shape index (κ2) is 6.91. The Labute approximate surface area is 125 Å². The molecule has 0 radical (unpaired) electrons. The van der Waals surface area contributed by atoms with Gasteiger partial charge in [0.25, 0.3) is 0 Å². The standard InChI is InChI=1S/C15H25N5O/c21-15(17-11-12-5-4-6-12)16-9-8-14-19-18-13-7-2-1-3-10-20(13)14/h12H,1-11H2,(H2,16,17,21). The Kier molecular flexibility index (Phi) is 4.72. The molecule has 0 spiro atoms. The van der Waals surface area contributed by atoms with Crippen molar-refractivity contribution in [3.63, 3.8) is 0 Å². The molecule has 3 rings (SSSR count). The zero-order valence-electron chi connectivity index (χ0n) is 12.6. The molecule has 2 amide bonds. The topological polar surface area (TPSA) is 71.8 Å². The number of carbonyl (C=O) groups excluding carboxylic acids is 1. The first-order valence-electron chi connectivity index (χ1n) is 8.25. The minimum Gasteiger partial charge on any atom is -0.338 e. The van der Waals surface area contributed by atoms with Gasteiger partial charge in [-0.1, -0.05) is 12.8 Å². The molecule has 0 bridgehead atoms. The average Bonchev–Trinajstić information content (AvgIpc) is 2.66. The molecule has 0 atom stereocenters. The Morgan fingerprint density at radius 3 is 2.86 bits per heavy atom. The lowest BCUT2D eigenvalue weighted by molar-refractivity contribution is 0.232. The monoisotopic (exact) mass is 291 g/mol. The second-order valence-corrected chi connectivity index (χ2v) is 6.18. The van der Waals surface area contributed by atoms with Gasteiger partial charge in [0.2, 0.25) is 0 Å². The van der Waals surface area contributed by atoms with E-state index >= 15 is 0 Å². The van der Waals surface area contributed by atoms with E-state index in [2.05, 4.69) is 25.4 Å². The van der Waals surface area contributed by atoms with Crippen LogP contribution in [0.5, 0.6) is 0 Å². The molecule has 0 aromatic carbocycles. The van der Waals surface area contributed by atoms with Gasteiger partial charge in [0, 0.05) is 32.5 Å². The quantitative estimate of drug-likeness (QED) is 0.866. The molecule has 2 N–H and O–H groups in total. The van der Waals surface area contributed by atoms with Crippen molar-refractivity contribution < 1.29 is 4.79 Å². The van der Waals surface area contributed by atoms with Gasteiger partial charge in [-0.05, 0) is 31.6 Å². The van der Waals surface area contributed by atoms with Gasteiger partial charge in [0.1, 0.15) is 11.6 Å². The largest absolute Gasteiger partial charge is 0.338 e. The highest BCUT2D eigenvalue weighted by Crippen LogP contribution is 2.25. The molecule has 0 saturated heterocycles. The number of amides is 2. The predicted molar refractivity (Wildman–Crippen MR) is 80.0 cm³/mol. The summed E-state index contributed by atoms with van der Waals surface area (Å²) in [7, 11) is 0. The molecule has 1 aliphatic heterocycles. The smallest absolute Gasteiger partial charge is 0.314 e. The van der Waals surface area contributed by atoms with Crippen molar-refractivity contribution in [2.45, 2.75) is 57.9 Å². The fraction of sp³-hybridized carbons (Fsp3) is 0.800. The molecule has 6 heteroatoms. The van der Waals surface area contributed by atoms with Gasteiger partial charge in [-0.25, -0.2) is 4.79 Å². The fourth-order valence-electron chi connectivity index (χ4n) is 3.01. The summed E-state index contributed by atoms with van der Waals surface area (Å²) in [4.78, 5) is 11.7. The molecule has 1 aromatic heterocycles. The average molecular weight is 291 g/mol. The summed E-state index contributed by atoms with van der Waals surface area (Å²) >= 11 is 0. The molecule has 21 heavy (non-hydrogen) atoms. The van der Waals surface area contributed by atoms with Crippen LogP contribution in [0.15, 0.2) is 0 Å². The lowest BCUT2D eigenvalue weighted by atomic mass is 9.85. The van der Waals surface area contributed by atoms with Gasteiger partial charge >= 0.3 is 6.03 Å². The fourth-order valence-corrected chi connectivity index (χ4v) is 3.01. The van der Waals surface area contributed by atoms with Crippen molar-refractivity contribution in [2.75, 3.05) is 13.1 Å². The number of fused-ring (bicyclic) bond motifs is 1. The van der Waals surface area contributed by atoms with E-state index < -0.39 is 0 Å². The van der Waals surface area contributed by atoms with Crippen LogP contribution in [0.1, 0.15) is 50.2 Å². The molecule has 1 aliphatic carbocycles. The highest BCUT2D eigenvalue weighted by atomic mass is 16.2. The summed E-state index contributed by atoms with van der Waals surface area (Å²) in [5, 5.41) is 14.4. The number of nitrogens with one attached hydrogen (secondary N) is 2. The molecular weight excluding hydrogens is 266 g/mol. The molecular formula is C15H25N5O. The summed E-state index contributed by atoms with van der Waals surface area (Å²) < 4.78 is 2.24. The number of hydrogen-bond donors (Lipinski definition) is 2. The Bertz CT molecular complexity index is 480. The zero-order chi connectivity index (χ0) is 14.5. The summed E-state index contributed by atoms with van der Waals surface area (Å²) in [5.41, 5.74) is 0. The first-order chi connectivity index (χ1) is 10.3. The number of aryl methyl sites for hydroxylation is 1. The van der Waals surface area contributed by atoms with Crippen LogP contribution in [0, 0.1) is 5.92 Å². The SMILES string of the molecule is O=C(NCCc1nnc2n1CCCCC2)NCC1CCC1. The third-order valence-corrected chi connectivity index (χ3v) is 4.60. The molecule has 2 aliphatic rings. The number of rotatable bonds is 5. The molecule has 1 aromatic rings. The second-order valence-electron chi connectivity index (χ2n) is 6.18. The minimum atomic E-state index is -0.0579. The summed E-state index contributed by atoms with van der Waals surface area (Å²) in [6, 6.07) is -0.0579. The van der Waals surface area contributed by atoms with E-state index in [-0.39, 0.29) is 6.03 Å². The van der Waals surface area contributed by atoms with E-state index in [9.17, 15) is 4.79 Å². The van der Waals surface area contributed by atoms with Gasteiger partial charge in [0.05, 0.1) is 0 Å². The Morgan fingerprint density at radius 1 is 1.14 bits per heavy atom. The normalized spacial score (nSPS) is 18.5. The van der Waals surface area contributed by atoms with Crippen molar-refractivity contribution in [2.24, 2.45) is 5.92 Å². The van der Waals surface area contributed by atoms with Crippen LogP contribution in [0.2, 0.25) is 0 Å². The molecule has 6 nitrogen and oxygen atoms in total. The Hall–Kier alpha value is -1.59. The van der Waals surface area contributed by atoms with E-state index in [0.717, 1.165) is 37.6 Å². The molecule has 116 valence electrons. The summed E-state index contributed by atoms with van der Waals surface area (Å²) in [6.07, 6.45) is 9.29. The molecule has 1 saturated carbocycles. The third kappa shape index (κ3) is 3.74. The van der Waals surface area contributed by atoms with Gasteiger partial charge in [-0.15, -0.1) is 10.2 Å². The van der Waals surface area contributed by atoms with Crippen LogP contribution in [-0.4, -0.2) is 33.9 Å². The number of urea groups is 1. The minimum absolute atomic E-state index is 0.0579. The van der Waals surface area contributed by atoms with Crippen molar-refractivity contribution in [3.8, 4) is 0 Å². The van der Waals surface area contributed by atoms with Gasteiger partial charge in [-0.2, -0.15) is 0 Å². The first-order valence-corrected chi connectivity index (χ1v) is 8.25. The number of carbonyl (C=O) groups is 1. The van der Waals surface area contributed by atoms with Crippen LogP contribution < -0.4 is 10.6 Å². The van der Waals surface area contributed by atoms with E-state index in [1.54, 1.807) is 0 Å². The van der Waals surface area contributed by atoms with Crippen LogP contribution >= 0.6 is 0 Å². The Balaban J connectivity index is 1.40. The third-order valence-electron chi connectivity index (χ3n) is 4.60. The van der Waals surface area contributed by atoms with E-state index in [4.69, 9.17) is 0 Å². The number of hydrogen-bond acceptors (Lipinski definition) is 3. The van der Waals surface area contributed by atoms with E-state index in [1.807, 2.05) is 0 Å². The molecule has 1 fully saturated rings. The van der Waals surface area contributed by atoms with Gasteiger partial charge in [0.15, 0.2) is 0 Å². The maximum Gasteiger partial charge on any atom is 0.314 e. The molecule has 2 heterocycles. The Morgan fingerprint density at radius 2 is 2.05 bits per heavy atom. The number of nitrogens with zero attached hydrogens (tertiary/aromatic N) is 3. The maximum absolute atomic E-state index is 11.7. The molecule has 0 unspecified atom stereocenters. The summed E-state index contributed by atoms with van der Waals surface area (Å²) in [5.74, 6) is 2.81. The predicted octanol–water partition coefficient (Wildman–Crippen LogP) is 1.65.